The van der Waals surface area contributed by atoms with E-state index in [1.807, 2.05) is 33.8 Å². The predicted molar refractivity (Wildman–Crippen MR) is 63.8 cm³/mol. The van der Waals surface area contributed by atoms with Crippen LogP contribution >= 0.6 is 0 Å². The maximum absolute atomic E-state index is 5.89. The third-order valence-electron chi connectivity index (χ3n) is 3.57. The topological polar surface area (TPSA) is 31.6 Å². The highest BCUT2D eigenvalue weighted by molar-refractivity contribution is 6.60. The Hall–Kier alpha value is -0.735. The second-order valence-electron chi connectivity index (χ2n) is 5.30. The van der Waals surface area contributed by atoms with E-state index in [0.29, 0.717) is 0 Å². The van der Waals surface area contributed by atoms with Crippen LogP contribution in [0.5, 0.6) is 0 Å². The minimum atomic E-state index is -0.384. The molecule has 1 aromatic heterocycles. The molecule has 0 saturated carbocycles. The van der Waals surface area contributed by atoms with E-state index in [9.17, 15) is 0 Å². The van der Waals surface area contributed by atoms with Gasteiger partial charge in [-0.1, -0.05) is 6.92 Å². The van der Waals surface area contributed by atoms with Crippen LogP contribution in [0.15, 0.2) is 16.7 Å². The molecule has 3 nitrogen and oxygen atoms in total. The first-order chi connectivity index (χ1) is 7.36. The van der Waals surface area contributed by atoms with Crippen molar-refractivity contribution >= 4 is 12.8 Å². The molecule has 0 spiro atoms. The second kappa shape index (κ2) is 3.64. The first kappa shape index (κ1) is 11.7. The average Bonchev–Trinajstić information content (AvgIpc) is 2.70. The van der Waals surface area contributed by atoms with Gasteiger partial charge in [-0.25, -0.2) is 0 Å². The molecule has 1 aliphatic heterocycles. The van der Waals surface area contributed by atoms with Gasteiger partial charge in [0.2, 0.25) is 0 Å². The predicted octanol–water partition coefficient (Wildman–Crippen LogP) is 2.14. The molecule has 0 radical (unpaired) electrons. The van der Waals surface area contributed by atoms with Gasteiger partial charge in [0.05, 0.1) is 17.5 Å². The van der Waals surface area contributed by atoms with E-state index in [0.717, 1.165) is 12.1 Å². The summed E-state index contributed by atoms with van der Waals surface area (Å²) in [5.74, 6) is 0. The fraction of sp³-hybridized carbons (Fsp3) is 0.667. The zero-order chi connectivity index (χ0) is 12.0. The summed E-state index contributed by atoms with van der Waals surface area (Å²) in [6.07, 6.45) is 2.73. The summed E-state index contributed by atoms with van der Waals surface area (Å²) in [6.45, 7) is 10.2. The summed E-state index contributed by atoms with van der Waals surface area (Å²) in [7, 11) is -0.384. The Morgan fingerprint density at radius 2 is 1.69 bits per heavy atom. The summed E-state index contributed by atoms with van der Waals surface area (Å²) in [4.78, 5) is 0. The molecule has 0 N–H and O–H groups in total. The summed E-state index contributed by atoms with van der Waals surface area (Å²) in [5.41, 5.74) is 1.31. The van der Waals surface area contributed by atoms with Gasteiger partial charge in [0.1, 0.15) is 5.66 Å². The molecule has 0 bridgehead atoms. The monoisotopic (exact) mass is 222 g/mol. The molecule has 0 amide bonds. The number of hydrogen-bond donors (Lipinski definition) is 0. The maximum atomic E-state index is 5.89. The zero-order valence-corrected chi connectivity index (χ0v) is 10.7. The molecule has 0 aromatic carbocycles. The van der Waals surface area contributed by atoms with Gasteiger partial charge in [0, 0.05) is 0 Å². The summed E-state index contributed by atoms with van der Waals surface area (Å²) in [6, 6.07) is 2.00. The van der Waals surface area contributed by atoms with Crippen molar-refractivity contribution in [1.29, 1.82) is 0 Å². The number of rotatable bonds is 2. The van der Waals surface area contributed by atoms with Crippen LogP contribution in [0, 0.1) is 0 Å². The van der Waals surface area contributed by atoms with Crippen molar-refractivity contribution in [1.82, 2.24) is 0 Å². The average molecular weight is 222 g/mol. The number of furan rings is 1. The molecule has 0 aliphatic carbocycles. The van der Waals surface area contributed by atoms with Crippen molar-refractivity contribution in [2.24, 2.45) is 0 Å². The van der Waals surface area contributed by atoms with Crippen LogP contribution in [0.25, 0.3) is 0 Å². The number of aryl methyl sites for hydroxylation is 1. The molecule has 88 valence electrons. The third kappa shape index (κ3) is 1.80. The lowest BCUT2D eigenvalue weighted by molar-refractivity contribution is 0.00578. The van der Waals surface area contributed by atoms with Gasteiger partial charge >= 0.3 is 7.12 Å². The SMILES string of the molecule is CCc1coc(B2OC(C)(C)C(C)(C)O2)c1. The van der Waals surface area contributed by atoms with E-state index < -0.39 is 0 Å². The van der Waals surface area contributed by atoms with E-state index in [2.05, 4.69) is 6.92 Å². The summed E-state index contributed by atoms with van der Waals surface area (Å²) < 4.78 is 17.3. The molecule has 1 aliphatic rings. The van der Waals surface area contributed by atoms with Crippen molar-refractivity contribution in [2.75, 3.05) is 0 Å². The lowest BCUT2D eigenvalue weighted by Crippen LogP contribution is -2.41. The van der Waals surface area contributed by atoms with E-state index >= 15 is 0 Å². The Kier molecular flexibility index (Phi) is 2.67. The molecule has 16 heavy (non-hydrogen) atoms. The van der Waals surface area contributed by atoms with Crippen molar-refractivity contribution in [3.05, 3.63) is 17.9 Å². The minimum absolute atomic E-state index is 0.309. The standard InChI is InChI=1S/C12H19BO3/c1-6-9-7-10(14-8-9)13-15-11(2,3)12(4,5)16-13/h7-8H,6H2,1-5H3. The molecule has 0 atom stereocenters. The van der Waals surface area contributed by atoms with Gasteiger partial charge in [-0.2, -0.15) is 0 Å². The van der Waals surface area contributed by atoms with Crippen molar-refractivity contribution in [2.45, 2.75) is 52.2 Å². The van der Waals surface area contributed by atoms with Gasteiger partial charge in [0.25, 0.3) is 0 Å². The zero-order valence-electron chi connectivity index (χ0n) is 10.7. The molecule has 1 saturated heterocycles. The van der Waals surface area contributed by atoms with Crippen molar-refractivity contribution < 1.29 is 13.7 Å². The fourth-order valence-electron chi connectivity index (χ4n) is 1.66. The van der Waals surface area contributed by atoms with Crippen molar-refractivity contribution in [3.63, 3.8) is 0 Å². The van der Waals surface area contributed by atoms with Crippen LogP contribution in [-0.2, 0) is 15.7 Å². The van der Waals surface area contributed by atoms with Crippen molar-refractivity contribution in [3.8, 4) is 0 Å². The largest absolute Gasteiger partial charge is 0.532 e. The summed E-state index contributed by atoms with van der Waals surface area (Å²) in [5, 5.41) is 0. The highest BCUT2D eigenvalue weighted by Crippen LogP contribution is 2.36. The molecule has 2 rings (SSSR count). The molecule has 1 aromatic rings. The van der Waals surface area contributed by atoms with Crippen LogP contribution in [0.2, 0.25) is 0 Å². The minimum Gasteiger partial charge on any atom is -0.473 e. The van der Waals surface area contributed by atoms with Crippen LogP contribution in [0.4, 0.5) is 0 Å². The lowest BCUT2D eigenvalue weighted by Gasteiger charge is -2.32. The second-order valence-corrected chi connectivity index (χ2v) is 5.30. The smallest absolute Gasteiger partial charge is 0.473 e. The highest BCUT2D eigenvalue weighted by atomic mass is 16.7. The Morgan fingerprint density at radius 1 is 1.12 bits per heavy atom. The van der Waals surface area contributed by atoms with E-state index in [1.54, 1.807) is 6.26 Å². The first-order valence-corrected chi connectivity index (χ1v) is 5.78. The Bertz CT molecular complexity index is 365. The van der Waals surface area contributed by atoms with Crippen LogP contribution in [-0.4, -0.2) is 18.3 Å². The van der Waals surface area contributed by atoms with Crippen LogP contribution < -0.4 is 5.66 Å². The quantitative estimate of drug-likeness (QED) is 0.718. The van der Waals surface area contributed by atoms with Crippen LogP contribution in [0.3, 0.4) is 0 Å². The maximum Gasteiger partial charge on any atom is 0.532 e. The Morgan fingerprint density at radius 3 is 2.12 bits per heavy atom. The van der Waals surface area contributed by atoms with Gasteiger partial charge in [-0.05, 0) is 45.7 Å². The first-order valence-electron chi connectivity index (χ1n) is 5.78. The third-order valence-corrected chi connectivity index (χ3v) is 3.57. The van der Waals surface area contributed by atoms with E-state index in [4.69, 9.17) is 13.7 Å². The van der Waals surface area contributed by atoms with Gasteiger partial charge < -0.3 is 13.7 Å². The molecule has 2 heterocycles. The molecule has 4 heteroatoms. The van der Waals surface area contributed by atoms with Gasteiger partial charge in [-0.3, -0.25) is 0 Å². The molecular formula is C12H19BO3. The molecule has 0 unspecified atom stereocenters. The van der Waals surface area contributed by atoms with E-state index in [1.165, 1.54) is 5.56 Å². The van der Waals surface area contributed by atoms with E-state index in [-0.39, 0.29) is 18.3 Å². The molecule has 1 fully saturated rings. The Balaban J connectivity index is 2.20. The summed E-state index contributed by atoms with van der Waals surface area (Å²) >= 11 is 0. The normalized spacial score (nSPS) is 22.7. The Labute approximate surface area is 97.3 Å². The highest BCUT2D eigenvalue weighted by Gasteiger charge is 2.53. The molecular weight excluding hydrogens is 203 g/mol. The fourth-order valence-corrected chi connectivity index (χ4v) is 1.66. The lowest BCUT2D eigenvalue weighted by atomic mass is 9.86. The van der Waals surface area contributed by atoms with Gasteiger partial charge in [-0.15, -0.1) is 0 Å². The number of hydrogen-bond acceptors (Lipinski definition) is 3. The van der Waals surface area contributed by atoms with Crippen LogP contribution in [0.1, 0.15) is 40.2 Å². The van der Waals surface area contributed by atoms with Gasteiger partial charge in [0.15, 0.2) is 0 Å².